The van der Waals surface area contributed by atoms with Crippen LogP contribution >= 0.6 is 0 Å². The summed E-state index contributed by atoms with van der Waals surface area (Å²) in [6.45, 7) is 5.11. The maximum absolute atomic E-state index is 5.42. The van der Waals surface area contributed by atoms with E-state index in [-0.39, 0.29) is 0 Å². The van der Waals surface area contributed by atoms with Crippen LogP contribution in [0.25, 0.3) is 0 Å². The molecule has 2 fully saturated rings. The molecule has 86 valence electrons. The fourth-order valence-electron chi connectivity index (χ4n) is 2.19. The zero-order chi connectivity index (χ0) is 10.9. The number of guanidine groups is 1. The zero-order valence-corrected chi connectivity index (χ0v) is 9.71. The van der Waals surface area contributed by atoms with E-state index in [0.29, 0.717) is 11.5 Å². The van der Waals surface area contributed by atoms with E-state index in [4.69, 9.17) is 5.84 Å². The third-order valence-electron chi connectivity index (χ3n) is 3.45. The third kappa shape index (κ3) is 2.62. The van der Waals surface area contributed by atoms with Gasteiger partial charge in [-0.25, -0.2) is 5.84 Å². The monoisotopic (exact) mass is 210 g/mol. The molecule has 0 saturated heterocycles. The number of nitrogens with two attached hydrogens (primary N) is 1. The first-order valence-electron chi connectivity index (χ1n) is 5.94. The summed E-state index contributed by atoms with van der Waals surface area (Å²) in [6, 6.07) is 0.371. The molecule has 0 aliphatic heterocycles. The van der Waals surface area contributed by atoms with Crippen LogP contribution in [0.3, 0.4) is 0 Å². The van der Waals surface area contributed by atoms with Crippen molar-refractivity contribution in [2.45, 2.75) is 45.6 Å². The number of aliphatic imine (C=N–C) groups is 1. The Balaban J connectivity index is 1.85. The Morgan fingerprint density at radius 3 is 2.53 bits per heavy atom. The molecule has 4 N–H and O–H groups in total. The number of hydrogen-bond donors (Lipinski definition) is 3. The lowest BCUT2D eigenvalue weighted by Crippen LogP contribution is -2.44. The van der Waals surface area contributed by atoms with Crippen LogP contribution in [0.4, 0.5) is 0 Å². The van der Waals surface area contributed by atoms with Gasteiger partial charge in [0.1, 0.15) is 0 Å². The summed E-state index contributed by atoms with van der Waals surface area (Å²) in [6.07, 6.45) is 5.55. The second-order valence-electron chi connectivity index (χ2n) is 5.24. The molecule has 2 saturated carbocycles. The zero-order valence-electron chi connectivity index (χ0n) is 9.71. The molecule has 0 spiro atoms. The molecule has 2 rings (SSSR count). The average molecular weight is 210 g/mol. The number of nitrogens with one attached hydrogen (secondary N) is 2. The normalized spacial score (nSPS) is 24.1. The maximum Gasteiger partial charge on any atom is 0.205 e. The molecule has 0 heterocycles. The van der Waals surface area contributed by atoms with Gasteiger partial charge in [0, 0.05) is 12.6 Å². The van der Waals surface area contributed by atoms with Gasteiger partial charge < -0.3 is 5.32 Å². The standard InChI is InChI=1S/C11H22N4/c1-8(2)14-10(15-12)13-7-11(5-6-11)9-3-4-9/h8-9H,3-7,12H2,1-2H3,(H2,13,14,15). The van der Waals surface area contributed by atoms with Gasteiger partial charge in [-0.1, -0.05) is 0 Å². The minimum absolute atomic E-state index is 0.371. The molecule has 2 aliphatic carbocycles. The van der Waals surface area contributed by atoms with Gasteiger partial charge in [0.15, 0.2) is 0 Å². The molecule has 0 unspecified atom stereocenters. The summed E-state index contributed by atoms with van der Waals surface area (Å²) in [4.78, 5) is 4.55. The smallest absolute Gasteiger partial charge is 0.205 e. The largest absolute Gasteiger partial charge is 0.353 e. The van der Waals surface area contributed by atoms with E-state index in [2.05, 4.69) is 29.6 Å². The molecule has 0 aromatic rings. The number of nitrogens with zero attached hydrogens (tertiary/aromatic N) is 1. The Morgan fingerprint density at radius 2 is 2.13 bits per heavy atom. The first-order chi connectivity index (χ1) is 7.16. The molecule has 0 aromatic heterocycles. The van der Waals surface area contributed by atoms with Crippen LogP contribution < -0.4 is 16.6 Å². The van der Waals surface area contributed by atoms with E-state index in [0.717, 1.165) is 18.4 Å². The van der Waals surface area contributed by atoms with Crippen LogP contribution in [0.2, 0.25) is 0 Å². The Hall–Kier alpha value is -0.770. The summed E-state index contributed by atoms with van der Waals surface area (Å²) >= 11 is 0. The van der Waals surface area contributed by atoms with Crippen molar-refractivity contribution in [1.29, 1.82) is 0 Å². The predicted octanol–water partition coefficient (Wildman–Crippen LogP) is 0.994. The highest BCUT2D eigenvalue weighted by atomic mass is 15.3. The van der Waals surface area contributed by atoms with Crippen LogP contribution in [0.15, 0.2) is 4.99 Å². The molecule has 15 heavy (non-hydrogen) atoms. The lowest BCUT2D eigenvalue weighted by atomic mass is 10.0. The van der Waals surface area contributed by atoms with Gasteiger partial charge in [-0.15, -0.1) is 0 Å². The molecule has 4 heteroatoms. The first kappa shape index (κ1) is 10.7. The quantitative estimate of drug-likeness (QED) is 0.281. The lowest BCUT2D eigenvalue weighted by Gasteiger charge is -2.15. The van der Waals surface area contributed by atoms with Crippen molar-refractivity contribution in [2.24, 2.45) is 22.2 Å². The van der Waals surface area contributed by atoms with Gasteiger partial charge >= 0.3 is 0 Å². The molecule has 0 bridgehead atoms. The van der Waals surface area contributed by atoms with E-state index < -0.39 is 0 Å². The third-order valence-corrected chi connectivity index (χ3v) is 3.45. The minimum atomic E-state index is 0.371. The molecular formula is C11H22N4. The van der Waals surface area contributed by atoms with E-state index in [1.165, 1.54) is 25.7 Å². The second kappa shape index (κ2) is 4.00. The highest BCUT2D eigenvalue weighted by molar-refractivity contribution is 5.79. The first-order valence-corrected chi connectivity index (χ1v) is 5.94. The Labute approximate surface area is 91.7 Å². The maximum atomic E-state index is 5.42. The van der Waals surface area contributed by atoms with Crippen molar-refractivity contribution in [3.63, 3.8) is 0 Å². The van der Waals surface area contributed by atoms with Crippen molar-refractivity contribution >= 4 is 5.96 Å². The summed E-state index contributed by atoms with van der Waals surface area (Å²) < 4.78 is 0. The number of hydrogen-bond acceptors (Lipinski definition) is 2. The summed E-state index contributed by atoms with van der Waals surface area (Å²) in [7, 11) is 0. The van der Waals surface area contributed by atoms with Crippen LogP contribution in [0, 0.1) is 11.3 Å². The van der Waals surface area contributed by atoms with E-state index in [9.17, 15) is 0 Å². The lowest BCUT2D eigenvalue weighted by molar-refractivity contribution is 0.452. The topological polar surface area (TPSA) is 62.4 Å². The Bertz CT molecular complexity index is 251. The van der Waals surface area contributed by atoms with Crippen LogP contribution in [-0.2, 0) is 0 Å². The van der Waals surface area contributed by atoms with Gasteiger partial charge in [-0.3, -0.25) is 10.4 Å². The minimum Gasteiger partial charge on any atom is -0.353 e. The van der Waals surface area contributed by atoms with Gasteiger partial charge in [-0.05, 0) is 50.9 Å². The van der Waals surface area contributed by atoms with Crippen molar-refractivity contribution in [1.82, 2.24) is 10.7 Å². The van der Waals surface area contributed by atoms with Gasteiger partial charge in [0.2, 0.25) is 5.96 Å². The van der Waals surface area contributed by atoms with Gasteiger partial charge in [0.05, 0.1) is 0 Å². The fourth-order valence-corrected chi connectivity index (χ4v) is 2.19. The van der Waals surface area contributed by atoms with Crippen LogP contribution in [0.1, 0.15) is 39.5 Å². The average Bonchev–Trinajstić information content (AvgIpc) is 3.01. The van der Waals surface area contributed by atoms with Gasteiger partial charge in [0.25, 0.3) is 0 Å². The van der Waals surface area contributed by atoms with Crippen LogP contribution in [0.5, 0.6) is 0 Å². The number of rotatable bonds is 4. The second-order valence-corrected chi connectivity index (χ2v) is 5.24. The Kier molecular flexibility index (Phi) is 2.87. The fraction of sp³-hybridized carbons (Fsp3) is 0.909. The molecule has 2 aliphatic rings. The SMILES string of the molecule is CC(C)NC(=NCC1(C2CC2)CC1)NN. The van der Waals surface area contributed by atoms with Crippen molar-refractivity contribution in [3.8, 4) is 0 Å². The van der Waals surface area contributed by atoms with Crippen molar-refractivity contribution in [3.05, 3.63) is 0 Å². The molecule has 0 aromatic carbocycles. The van der Waals surface area contributed by atoms with E-state index in [1.54, 1.807) is 0 Å². The van der Waals surface area contributed by atoms with Crippen molar-refractivity contribution in [2.75, 3.05) is 6.54 Å². The molecule has 0 radical (unpaired) electrons. The van der Waals surface area contributed by atoms with E-state index >= 15 is 0 Å². The highest BCUT2D eigenvalue weighted by Crippen LogP contribution is 2.61. The molecule has 0 amide bonds. The highest BCUT2D eigenvalue weighted by Gasteiger charge is 2.53. The van der Waals surface area contributed by atoms with Gasteiger partial charge in [-0.2, -0.15) is 0 Å². The van der Waals surface area contributed by atoms with E-state index in [1.807, 2.05) is 0 Å². The summed E-state index contributed by atoms with van der Waals surface area (Å²) in [5.74, 6) is 7.11. The summed E-state index contributed by atoms with van der Waals surface area (Å²) in [5.41, 5.74) is 3.19. The molecule has 4 nitrogen and oxygen atoms in total. The Morgan fingerprint density at radius 1 is 1.47 bits per heavy atom. The number of hydrazine groups is 1. The predicted molar refractivity (Wildman–Crippen MR) is 62.3 cm³/mol. The summed E-state index contributed by atoms with van der Waals surface area (Å²) in [5, 5.41) is 3.20. The van der Waals surface area contributed by atoms with Crippen molar-refractivity contribution < 1.29 is 0 Å². The molecule has 0 atom stereocenters. The van der Waals surface area contributed by atoms with Crippen LogP contribution in [-0.4, -0.2) is 18.5 Å². The molecular weight excluding hydrogens is 188 g/mol.